The molecule has 0 radical (unpaired) electrons. The van der Waals surface area contributed by atoms with Gasteiger partial charge < -0.3 is 5.32 Å². The van der Waals surface area contributed by atoms with Gasteiger partial charge in [-0.15, -0.1) is 11.3 Å². The maximum atomic E-state index is 12.9. The van der Waals surface area contributed by atoms with Crippen LogP contribution in [0.3, 0.4) is 0 Å². The van der Waals surface area contributed by atoms with E-state index in [9.17, 15) is 26.4 Å². The number of amides is 1. The molecule has 0 bridgehead atoms. The molecule has 5 nitrogen and oxygen atoms in total. The van der Waals surface area contributed by atoms with Crippen molar-refractivity contribution in [2.75, 3.05) is 0 Å². The zero-order valence-electron chi connectivity index (χ0n) is 17.2. The van der Waals surface area contributed by atoms with Crippen LogP contribution in [0.4, 0.5) is 13.2 Å². The van der Waals surface area contributed by atoms with Crippen LogP contribution in [0.5, 0.6) is 0 Å². The summed E-state index contributed by atoms with van der Waals surface area (Å²) in [6, 6.07) is 12.0. The molecule has 0 aliphatic carbocycles. The molecule has 0 aliphatic heterocycles. The summed E-state index contributed by atoms with van der Waals surface area (Å²) in [5, 5.41) is 3.71. The molecule has 0 saturated heterocycles. The first-order valence-electron chi connectivity index (χ1n) is 9.69. The highest BCUT2D eigenvalue weighted by Gasteiger charge is 2.32. The number of nitrogens with one attached hydrogen (secondary N) is 1. The second-order valence-electron chi connectivity index (χ2n) is 7.33. The van der Waals surface area contributed by atoms with Crippen molar-refractivity contribution in [3.8, 4) is 0 Å². The van der Waals surface area contributed by atoms with Gasteiger partial charge in [-0.25, -0.2) is 8.42 Å². The third kappa shape index (κ3) is 4.76. The number of thiophene rings is 1. The highest BCUT2D eigenvalue weighted by Crippen LogP contribution is 2.33. The minimum Gasteiger partial charge on any atom is -0.347 e. The van der Waals surface area contributed by atoms with Gasteiger partial charge in [0.15, 0.2) is 0 Å². The molecule has 0 saturated carbocycles. The summed E-state index contributed by atoms with van der Waals surface area (Å²) in [6.45, 7) is 1.51. The summed E-state index contributed by atoms with van der Waals surface area (Å²) in [7, 11) is -4.00. The number of halogens is 3. The van der Waals surface area contributed by atoms with E-state index in [-0.39, 0.29) is 27.8 Å². The number of aryl methyl sites for hydroxylation is 1. The fourth-order valence-corrected chi connectivity index (χ4v) is 5.73. The van der Waals surface area contributed by atoms with Crippen molar-refractivity contribution in [3.63, 3.8) is 0 Å². The Kier molecular flexibility index (Phi) is 5.98. The Bertz CT molecular complexity index is 1410. The summed E-state index contributed by atoms with van der Waals surface area (Å²) in [5.74, 6) is -0.256. The van der Waals surface area contributed by atoms with Crippen LogP contribution in [0, 0.1) is 6.92 Å². The number of hydrogen-bond donors (Lipinski definition) is 1. The van der Waals surface area contributed by atoms with Gasteiger partial charge in [-0.2, -0.15) is 13.2 Å². The molecular weight excluding hydrogens is 473 g/mol. The first kappa shape index (κ1) is 22.9. The van der Waals surface area contributed by atoms with E-state index in [4.69, 9.17) is 0 Å². The van der Waals surface area contributed by atoms with Crippen molar-refractivity contribution >= 4 is 37.2 Å². The second-order valence-corrected chi connectivity index (χ2v) is 10.3. The summed E-state index contributed by atoms with van der Waals surface area (Å²) >= 11 is 1.32. The lowest BCUT2D eigenvalue weighted by Crippen LogP contribution is -2.21. The monoisotopic (exact) mass is 490 g/mol. The van der Waals surface area contributed by atoms with Gasteiger partial charge >= 0.3 is 6.18 Å². The van der Waals surface area contributed by atoms with Crippen molar-refractivity contribution in [2.45, 2.75) is 29.4 Å². The van der Waals surface area contributed by atoms with Gasteiger partial charge in [-0.3, -0.25) is 9.78 Å². The van der Waals surface area contributed by atoms with Crippen LogP contribution in [-0.4, -0.2) is 19.3 Å². The van der Waals surface area contributed by atoms with E-state index >= 15 is 0 Å². The van der Waals surface area contributed by atoms with Gasteiger partial charge in [0.05, 0.1) is 24.9 Å². The standard InChI is InChI=1S/C23H17F3N2O3S2/c1-14-10-17(23(24,25)26)4-7-21(14)33(30,31)18-5-2-15(3-6-18)12-28-22(29)19-11-16-8-9-27-13-20(16)32-19/h2-11,13H,12H2,1H3,(H,28,29). The number of alkyl halides is 3. The number of fused-ring (bicyclic) bond motifs is 1. The van der Waals surface area contributed by atoms with Gasteiger partial charge in [0.2, 0.25) is 9.84 Å². The lowest BCUT2D eigenvalue weighted by atomic mass is 10.1. The molecule has 0 fully saturated rings. The Labute approximate surface area is 191 Å². The van der Waals surface area contributed by atoms with E-state index in [1.165, 1.54) is 30.4 Å². The van der Waals surface area contributed by atoms with Crippen molar-refractivity contribution in [2.24, 2.45) is 0 Å². The van der Waals surface area contributed by atoms with Gasteiger partial charge in [-0.05, 0) is 65.9 Å². The Morgan fingerprint density at radius 2 is 1.79 bits per heavy atom. The molecule has 33 heavy (non-hydrogen) atoms. The zero-order valence-corrected chi connectivity index (χ0v) is 18.8. The normalized spacial score (nSPS) is 12.1. The van der Waals surface area contributed by atoms with Crippen LogP contribution in [0.2, 0.25) is 0 Å². The third-order valence-electron chi connectivity index (χ3n) is 5.03. The fraction of sp³-hybridized carbons (Fsp3) is 0.130. The summed E-state index contributed by atoms with van der Waals surface area (Å²) < 4.78 is 65.3. The molecule has 0 atom stereocenters. The SMILES string of the molecule is Cc1cc(C(F)(F)F)ccc1S(=O)(=O)c1ccc(CNC(=O)c2cc3ccncc3s2)cc1. The Hall–Kier alpha value is -3.24. The van der Waals surface area contributed by atoms with Crippen molar-refractivity contribution < 1.29 is 26.4 Å². The van der Waals surface area contributed by atoms with Gasteiger partial charge in [0.1, 0.15) is 0 Å². The number of rotatable bonds is 5. The lowest BCUT2D eigenvalue weighted by Gasteiger charge is -2.12. The Morgan fingerprint density at radius 3 is 2.42 bits per heavy atom. The molecule has 4 rings (SSSR count). The van der Waals surface area contributed by atoms with Crippen LogP contribution < -0.4 is 5.32 Å². The highest BCUT2D eigenvalue weighted by molar-refractivity contribution is 7.91. The quantitative estimate of drug-likeness (QED) is 0.407. The van der Waals surface area contributed by atoms with Crippen molar-refractivity contribution in [1.29, 1.82) is 0 Å². The number of carbonyl (C=O) groups excluding carboxylic acids is 1. The maximum Gasteiger partial charge on any atom is 0.416 e. The average molecular weight is 491 g/mol. The van der Waals surface area contributed by atoms with Crippen LogP contribution in [0.25, 0.3) is 10.1 Å². The molecule has 2 heterocycles. The number of pyridine rings is 1. The topological polar surface area (TPSA) is 76.1 Å². The minimum absolute atomic E-state index is 0.0136. The molecule has 1 amide bonds. The smallest absolute Gasteiger partial charge is 0.347 e. The van der Waals surface area contributed by atoms with Crippen molar-refractivity contribution in [1.82, 2.24) is 10.3 Å². The Balaban J connectivity index is 1.48. The molecular formula is C23H17F3N2O3S2. The van der Waals surface area contributed by atoms with E-state index in [1.54, 1.807) is 30.6 Å². The molecule has 2 aromatic heterocycles. The van der Waals surface area contributed by atoms with Crippen LogP contribution >= 0.6 is 11.3 Å². The summed E-state index contributed by atoms with van der Waals surface area (Å²) in [6.07, 6.45) is -1.21. The summed E-state index contributed by atoms with van der Waals surface area (Å²) in [5.41, 5.74) is -0.214. The molecule has 0 spiro atoms. The minimum atomic E-state index is -4.55. The molecule has 10 heteroatoms. The van der Waals surface area contributed by atoms with Crippen LogP contribution in [-0.2, 0) is 22.6 Å². The largest absolute Gasteiger partial charge is 0.416 e. The molecule has 170 valence electrons. The highest BCUT2D eigenvalue weighted by atomic mass is 32.2. The van der Waals surface area contributed by atoms with E-state index in [2.05, 4.69) is 10.3 Å². The van der Waals surface area contributed by atoms with Crippen molar-refractivity contribution in [3.05, 3.63) is 88.6 Å². The number of benzene rings is 2. The van der Waals surface area contributed by atoms with E-state index in [0.29, 0.717) is 10.4 Å². The third-order valence-corrected chi connectivity index (χ3v) is 8.04. The molecule has 4 aromatic rings. The molecule has 0 aliphatic rings. The number of carbonyl (C=O) groups is 1. The van der Waals surface area contributed by atoms with Crippen LogP contribution in [0.15, 0.2) is 76.8 Å². The van der Waals surface area contributed by atoms with E-state index in [1.807, 2.05) is 6.07 Å². The predicted molar refractivity (Wildman–Crippen MR) is 119 cm³/mol. The molecule has 1 N–H and O–H groups in total. The number of sulfone groups is 1. The van der Waals surface area contributed by atoms with Gasteiger partial charge in [0, 0.05) is 18.9 Å². The second kappa shape index (κ2) is 8.60. The number of aromatic nitrogens is 1. The van der Waals surface area contributed by atoms with Crippen LogP contribution in [0.1, 0.15) is 26.4 Å². The average Bonchev–Trinajstić information content (AvgIpc) is 3.21. The zero-order chi connectivity index (χ0) is 23.8. The first-order chi connectivity index (χ1) is 15.6. The lowest BCUT2D eigenvalue weighted by molar-refractivity contribution is -0.137. The Morgan fingerprint density at radius 1 is 1.06 bits per heavy atom. The maximum absolute atomic E-state index is 12.9. The number of hydrogen-bond acceptors (Lipinski definition) is 5. The number of nitrogens with zero attached hydrogens (tertiary/aromatic N) is 1. The summed E-state index contributed by atoms with van der Waals surface area (Å²) in [4.78, 5) is 16.8. The molecule has 2 aromatic carbocycles. The van der Waals surface area contributed by atoms with Gasteiger partial charge in [-0.1, -0.05) is 12.1 Å². The molecule has 0 unspecified atom stereocenters. The van der Waals surface area contributed by atoms with E-state index in [0.717, 1.165) is 28.3 Å². The van der Waals surface area contributed by atoms with E-state index < -0.39 is 21.6 Å². The first-order valence-corrected chi connectivity index (χ1v) is 12.0. The predicted octanol–water partition coefficient (Wildman–Crippen LogP) is 5.39. The fourth-order valence-electron chi connectivity index (χ4n) is 3.31. The van der Waals surface area contributed by atoms with Gasteiger partial charge in [0.25, 0.3) is 5.91 Å².